The van der Waals surface area contributed by atoms with Gasteiger partial charge in [0.15, 0.2) is 0 Å². The van der Waals surface area contributed by atoms with Crippen molar-refractivity contribution in [3.63, 3.8) is 0 Å². The Labute approximate surface area is 202 Å². The predicted octanol–water partition coefficient (Wildman–Crippen LogP) is 7.20. The summed E-state index contributed by atoms with van der Waals surface area (Å²) in [6, 6.07) is 24.3. The SMILES string of the molecule is O=C(Oc1ccccc1)c1ccc(F)cc1SSc1cc(F)ccc1C(=O)Oc1ccccc1. The highest BCUT2D eigenvalue weighted by Gasteiger charge is 2.19. The fraction of sp³-hybridized carbons (Fsp3) is 0. The van der Waals surface area contributed by atoms with E-state index in [0.717, 1.165) is 33.7 Å². The summed E-state index contributed by atoms with van der Waals surface area (Å²) in [5.41, 5.74) is 0.264. The molecule has 4 aromatic rings. The highest BCUT2D eigenvalue weighted by Crippen LogP contribution is 2.41. The highest BCUT2D eigenvalue weighted by molar-refractivity contribution is 8.76. The van der Waals surface area contributed by atoms with Crippen LogP contribution in [0, 0.1) is 11.6 Å². The van der Waals surface area contributed by atoms with Gasteiger partial charge in [0.2, 0.25) is 0 Å². The predicted molar refractivity (Wildman–Crippen MR) is 127 cm³/mol. The molecule has 0 atom stereocenters. The molecule has 0 amide bonds. The number of halogens is 2. The number of hydrogen-bond acceptors (Lipinski definition) is 6. The van der Waals surface area contributed by atoms with E-state index < -0.39 is 23.6 Å². The minimum atomic E-state index is -0.669. The molecule has 0 fully saturated rings. The second-order valence-electron chi connectivity index (χ2n) is 6.85. The zero-order valence-electron chi connectivity index (χ0n) is 17.4. The highest BCUT2D eigenvalue weighted by atomic mass is 33.1. The molecule has 0 aromatic heterocycles. The summed E-state index contributed by atoms with van der Waals surface area (Å²) in [7, 11) is 2.00. The molecule has 0 bridgehead atoms. The first kappa shape index (κ1) is 23.5. The van der Waals surface area contributed by atoms with Gasteiger partial charge in [-0.3, -0.25) is 0 Å². The monoisotopic (exact) mass is 494 g/mol. The van der Waals surface area contributed by atoms with Crippen LogP contribution in [0.3, 0.4) is 0 Å². The van der Waals surface area contributed by atoms with Crippen molar-refractivity contribution in [1.29, 1.82) is 0 Å². The molecule has 0 aliphatic heterocycles. The van der Waals surface area contributed by atoms with E-state index in [-0.39, 0.29) is 20.9 Å². The van der Waals surface area contributed by atoms with Crippen LogP contribution in [-0.4, -0.2) is 11.9 Å². The summed E-state index contributed by atoms with van der Waals surface area (Å²) in [5.74, 6) is -1.76. The first-order valence-electron chi connectivity index (χ1n) is 9.98. The lowest BCUT2D eigenvalue weighted by Gasteiger charge is -2.11. The lowest BCUT2D eigenvalue weighted by atomic mass is 10.2. The van der Waals surface area contributed by atoms with Crippen LogP contribution in [0.2, 0.25) is 0 Å². The van der Waals surface area contributed by atoms with Crippen LogP contribution in [0.25, 0.3) is 0 Å². The molecule has 4 rings (SSSR count). The van der Waals surface area contributed by atoms with Crippen molar-refractivity contribution in [3.05, 3.63) is 120 Å². The Balaban J connectivity index is 1.55. The summed E-state index contributed by atoms with van der Waals surface area (Å²) in [5, 5.41) is 0. The third-order valence-corrected chi connectivity index (χ3v) is 6.90. The maximum Gasteiger partial charge on any atom is 0.344 e. The van der Waals surface area contributed by atoms with E-state index in [0.29, 0.717) is 11.5 Å². The molecule has 8 heteroatoms. The van der Waals surface area contributed by atoms with Crippen molar-refractivity contribution in [2.75, 3.05) is 0 Å². The van der Waals surface area contributed by atoms with E-state index in [4.69, 9.17) is 9.47 Å². The summed E-state index contributed by atoms with van der Waals surface area (Å²) >= 11 is 0. The second kappa shape index (κ2) is 11.0. The number of ether oxygens (including phenoxy) is 2. The first-order chi connectivity index (χ1) is 16.5. The Kier molecular flexibility index (Phi) is 7.61. The zero-order valence-corrected chi connectivity index (χ0v) is 19.1. The number of rotatable bonds is 7. The van der Waals surface area contributed by atoms with Gasteiger partial charge in [-0.25, -0.2) is 18.4 Å². The van der Waals surface area contributed by atoms with Gasteiger partial charge in [0.1, 0.15) is 23.1 Å². The third kappa shape index (κ3) is 6.03. The maximum atomic E-state index is 14.0. The first-order valence-corrected chi connectivity index (χ1v) is 12.1. The van der Waals surface area contributed by atoms with Gasteiger partial charge in [0, 0.05) is 9.79 Å². The Bertz CT molecular complexity index is 1210. The summed E-state index contributed by atoms with van der Waals surface area (Å²) < 4.78 is 38.7. The number of esters is 2. The molecule has 0 unspecified atom stereocenters. The standard InChI is InChI=1S/C26H16F2O4S2/c27-17-11-13-21(25(29)31-19-7-3-1-4-8-19)23(15-17)33-34-24-16-18(28)12-14-22(24)26(30)32-20-9-5-2-6-10-20/h1-16H. The van der Waals surface area contributed by atoms with Crippen molar-refractivity contribution in [1.82, 2.24) is 0 Å². The average Bonchev–Trinajstić information content (AvgIpc) is 2.84. The maximum absolute atomic E-state index is 14.0. The van der Waals surface area contributed by atoms with Crippen LogP contribution in [0.15, 0.2) is 107 Å². The van der Waals surface area contributed by atoms with Crippen LogP contribution in [-0.2, 0) is 0 Å². The van der Waals surface area contributed by atoms with E-state index in [1.54, 1.807) is 60.7 Å². The van der Waals surface area contributed by atoms with Crippen molar-refractivity contribution in [2.45, 2.75) is 9.79 Å². The van der Waals surface area contributed by atoms with Gasteiger partial charge < -0.3 is 9.47 Å². The molecule has 0 aliphatic carbocycles. The van der Waals surface area contributed by atoms with E-state index >= 15 is 0 Å². The molecule has 170 valence electrons. The number of carbonyl (C=O) groups excluding carboxylic acids is 2. The fourth-order valence-electron chi connectivity index (χ4n) is 2.86. The Morgan fingerprint density at radius 2 is 0.941 bits per heavy atom. The van der Waals surface area contributed by atoms with Crippen LogP contribution >= 0.6 is 21.6 Å². The smallest absolute Gasteiger partial charge is 0.344 e. The lowest BCUT2D eigenvalue weighted by molar-refractivity contribution is 0.0721. The van der Waals surface area contributed by atoms with Crippen molar-refractivity contribution >= 4 is 33.5 Å². The third-order valence-electron chi connectivity index (χ3n) is 4.46. The molecular weight excluding hydrogens is 478 g/mol. The van der Waals surface area contributed by atoms with Gasteiger partial charge in [0.25, 0.3) is 0 Å². The van der Waals surface area contributed by atoms with Gasteiger partial charge in [-0.2, -0.15) is 0 Å². The average molecular weight is 495 g/mol. The van der Waals surface area contributed by atoms with Gasteiger partial charge in [-0.15, -0.1) is 0 Å². The van der Waals surface area contributed by atoms with E-state index in [1.165, 1.54) is 24.3 Å². The van der Waals surface area contributed by atoms with Gasteiger partial charge in [0.05, 0.1) is 11.1 Å². The Morgan fingerprint density at radius 1 is 0.559 bits per heavy atom. The molecule has 4 nitrogen and oxygen atoms in total. The molecular formula is C26H16F2O4S2. The molecule has 0 saturated heterocycles. The van der Waals surface area contributed by atoms with Crippen molar-refractivity contribution in [3.8, 4) is 11.5 Å². The van der Waals surface area contributed by atoms with Crippen LogP contribution < -0.4 is 9.47 Å². The van der Waals surface area contributed by atoms with Gasteiger partial charge >= 0.3 is 11.9 Å². The lowest BCUT2D eigenvalue weighted by Crippen LogP contribution is -2.10. The normalized spacial score (nSPS) is 10.5. The molecule has 0 aliphatic rings. The van der Waals surface area contributed by atoms with E-state index in [1.807, 2.05) is 0 Å². The minimum Gasteiger partial charge on any atom is -0.423 e. The molecule has 0 heterocycles. The van der Waals surface area contributed by atoms with Crippen molar-refractivity contribution < 1.29 is 27.8 Å². The van der Waals surface area contributed by atoms with E-state index in [2.05, 4.69) is 0 Å². The largest absolute Gasteiger partial charge is 0.423 e. The summed E-state index contributed by atoms with van der Waals surface area (Å²) in [6.45, 7) is 0. The molecule has 0 N–H and O–H groups in total. The Hall–Kier alpha value is -3.62. The quantitative estimate of drug-likeness (QED) is 0.154. The zero-order chi connectivity index (χ0) is 23.9. The summed E-state index contributed by atoms with van der Waals surface area (Å²) in [4.78, 5) is 25.9. The number of carbonyl (C=O) groups is 2. The minimum absolute atomic E-state index is 0.132. The van der Waals surface area contributed by atoms with E-state index in [9.17, 15) is 18.4 Å². The summed E-state index contributed by atoms with van der Waals surface area (Å²) in [6.07, 6.45) is 0. The fourth-order valence-corrected chi connectivity index (χ4v) is 5.21. The Morgan fingerprint density at radius 3 is 1.32 bits per heavy atom. The molecule has 0 radical (unpaired) electrons. The topological polar surface area (TPSA) is 52.6 Å². The van der Waals surface area contributed by atoms with Crippen molar-refractivity contribution in [2.24, 2.45) is 0 Å². The second-order valence-corrected chi connectivity index (χ2v) is 9.07. The molecule has 0 spiro atoms. The van der Waals surface area contributed by atoms with Crippen LogP contribution in [0.1, 0.15) is 20.7 Å². The number of benzene rings is 4. The number of hydrogen-bond donors (Lipinski definition) is 0. The molecule has 0 saturated carbocycles. The number of para-hydroxylation sites is 2. The van der Waals surface area contributed by atoms with Gasteiger partial charge in [-0.1, -0.05) is 58.0 Å². The van der Waals surface area contributed by atoms with Gasteiger partial charge in [-0.05, 0) is 60.7 Å². The molecule has 4 aromatic carbocycles. The van der Waals surface area contributed by atoms with Crippen LogP contribution in [0.5, 0.6) is 11.5 Å². The van der Waals surface area contributed by atoms with Crippen LogP contribution in [0.4, 0.5) is 8.78 Å². The molecule has 34 heavy (non-hydrogen) atoms.